The summed E-state index contributed by atoms with van der Waals surface area (Å²) in [6, 6.07) is 21.9. The van der Waals surface area contributed by atoms with Gasteiger partial charge in [0, 0.05) is 20.9 Å². The molecule has 8 heteroatoms. The van der Waals surface area contributed by atoms with Crippen LogP contribution in [0.2, 0.25) is 0 Å². The quantitative estimate of drug-likeness (QED) is 0.240. The number of rotatable bonds is 6. The first kappa shape index (κ1) is 20.1. The van der Waals surface area contributed by atoms with Gasteiger partial charge in [-0.15, -0.1) is 10.2 Å². The third kappa shape index (κ3) is 4.31. The van der Waals surface area contributed by atoms with Gasteiger partial charge in [0.25, 0.3) is 5.95 Å². The average Bonchev–Trinajstić information content (AvgIpc) is 3.16. The second-order valence-corrected chi connectivity index (χ2v) is 8.25. The predicted octanol–water partition coefficient (Wildman–Crippen LogP) is 5.60. The summed E-state index contributed by atoms with van der Waals surface area (Å²) < 4.78 is 6.92. The molecule has 0 saturated heterocycles. The van der Waals surface area contributed by atoms with E-state index in [4.69, 9.17) is 4.74 Å². The number of hydrazone groups is 1. The standard InChI is InChI=1S/C24H19BrN6O/c1-15-7-9-20-19(11-15)22-23(27-20)28-24(31-29-22)30-26-13-17-12-18(25)8-10-21(17)32-14-16-5-3-2-4-6-16/h2-13H,14H2,1H3,(H2,27,28,30,31)/b26-13+. The summed E-state index contributed by atoms with van der Waals surface area (Å²) in [5.41, 5.74) is 8.30. The Morgan fingerprint density at radius 1 is 1.06 bits per heavy atom. The third-order valence-corrected chi connectivity index (χ3v) is 5.44. The highest BCUT2D eigenvalue weighted by atomic mass is 79.9. The van der Waals surface area contributed by atoms with Crippen molar-refractivity contribution in [2.45, 2.75) is 13.5 Å². The van der Waals surface area contributed by atoms with E-state index in [1.807, 2.05) is 67.6 Å². The van der Waals surface area contributed by atoms with Crippen molar-refractivity contribution in [2.24, 2.45) is 5.10 Å². The summed E-state index contributed by atoms with van der Waals surface area (Å²) in [4.78, 5) is 7.77. The van der Waals surface area contributed by atoms with Crippen LogP contribution in [0.25, 0.3) is 22.1 Å². The second-order valence-electron chi connectivity index (χ2n) is 7.33. The number of aromatic amines is 1. The Bertz CT molecular complexity index is 1430. The molecule has 0 unspecified atom stereocenters. The van der Waals surface area contributed by atoms with Crippen molar-refractivity contribution < 1.29 is 4.74 Å². The Balaban J connectivity index is 1.34. The number of nitrogens with one attached hydrogen (secondary N) is 2. The molecule has 0 fully saturated rings. The van der Waals surface area contributed by atoms with E-state index in [9.17, 15) is 0 Å². The number of benzene rings is 3. The topological polar surface area (TPSA) is 88.1 Å². The van der Waals surface area contributed by atoms with Crippen LogP contribution in [0.3, 0.4) is 0 Å². The minimum atomic E-state index is 0.304. The monoisotopic (exact) mass is 486 g/mol. The maximum atomic E-state index is 5.99. The van der Waals surface area contributed by atoms with Crippen molar-refractivity contribution in [3.63, 3.8) is 0 Å². The Kier molecular flexibility index (Phi) is 5.51. The lowest BCUT2D eigenvalue weighted by Crippen LogP contribution is -2.01. The fourth-order valence-electron chi connectivity index (χ4n) is 3.38. The lowest BCUT2D eigenvalue weighted by molar-refractivity contribution is 0.306. The molecule has 2 heterocycles. The Labute approximate surface area is 192 Å². The lowest BCUT2D eigenvalue weighted by Gasteiger charge is -2.09. The fourth-order valence-corrected chi connectivity index (χ4v) is 3.76. The number of halogens is 1. The minimum Gasteiger partial charge on any atom is -0.488 e. The van der Waals surface area contributed by atoms with Gasteiger partial charge >= 0.3 is 0 Å². The number of hydrogen-bond acceptors (Lipinski definition) is 6. The third-order valence-electron chi connectivity index (χ3n) is 4.95. The molecule has 0 radical (unpaired) electrons. The number of fused-ring (bicyclic) bond motifs is 3. The normalized spacial score (nSPS) is 11.4. The van der Waals surface area contributed by atoms with E-state index in [1.165, 1.54) is 0 Å². The van der Waals surface area contributed by atoms with Gasteiger partial charge in [0.2, 0.25) is 0 Å². The van der Waals surface area contributed by atoms with Crippen molar-refractivity contribution in [1.82, 2.24) is 20.2 Å². The van der Waals surface area contributed by atoms with Gasteiger partial charge < -0.3 is 9.72 Å². The molecule has 32 heavy (non-hydrogen) atoms. The number of anilines is 1. The van der Waals surface area contributed by atoms with Crippen molar-refractivity contribution in [3.8, 4) is 5.75 Å². The number of hydrogen-bond donors (Lipinski definition) is 2. The fraction of sp³-hybridized carbons (Fsp3) is 0.0833. The zero-order valence-electron chi connectivity index (χ0n) is 17.2. The number of nitrogens with zero attached hydrogens (tertiary/aromatic N) is 4. The van der Waals surface area contributed by atoms with Crippen LogP contribution in [0.15, 0.2) is 76.3 Å². The van der Waals surface area contributed by atoms with Gasteiger partial charge in [0.1, 0.15) is 17.9 Å². The largest absolute Gasteiger partial charge is 0.488 e. The molecule has 0 atom stereocenters. The number of H-pyrrole nitrogens is 1. The molecule has 2 aromatic heterocycles. The zero-order chi connectivity index (χ0) is 21.9. The highest BCUT2D eigenvalue weighted by molar-refractivity contribution is 9.10. The molecule has 158 valence electrons. The highest BCUT2D eigenvalue weighted by Gasteiger charge is 2.09. The number of ether oxygens (including phenoxy) is 1. The first-order valence-corrected chi connectivity index (χ1v) is 10.8. The minimum absolute atomic E-state index is 0.304. The van der Waals surface area contributed by atoms with Crippen molar-refractivity contribution in [1.29, 1.82) is 0 Å². The van der Waals surface area contributed by atoms with E-state index in [1.54, 1.807) is 6.21 Å². The summed E-state index contributed by atoms with van der Waals surface area (Å²) in [5.74, 6) is 1.03. The van der Waals surface area contributed by atoms with Crippen LogP contribution in [0, 0.1) is 6.92 Å². The molecule has 5 aromatic rings. The van der Waals surface area contributed by atoms with E-state index in [-0.39, 0.29) is 0 Å². The molecule has 2 N–H and O–H groups in total. The van der Waals surface area contributed by atoms with Crippen molar-refractivity contribution in [2.75, 3.05) is 5.43 Å². The van der Waals surface area contributed by atoms with E-state index >= 15 is 0 Å². The zero-order valence-corrected chi connectivity index (χ0v) is 18.8. The SMILES string of the molecule is Cc1ccc2[nH]c3nc(N/N=C/c4cc(Br)ccc4OCc4ccccc4)nnc3c2c1. The summed E-state index contributed by atoms with van der Waals surface area (Å²) in [6.45, 7) is 2.52. The highest BCUT2D eigenvalue weighted by Crippen LogP contribution is 2.24. The van der Waals surface area contributed by atoms with E-state index in [0.29, 0.717) is 18.2 Å². The van der Waals surface area contributed by atoms with Gasteiger partial charge in [-0.25, -0.2) is 5.43 Å². The Morgan fingerprint density at radius 2 is 1.94 bits per heavy atom. The molecule has 5 rings (SSSR count). The summed E-state index contributed by atoms with van der Waals surface area (Å²) >= 11 is 3.50. The van der Waals surface area contributed by atoms with Gasteiger partial charge in [-0.3, -0.25) is 0 Å². The maximum absolute atomic E-state index is 5.99. The smallest absolute Gasteiger partial charge is 0.265 e. The van der Waals surface area contributed by atoms with E-state index in [0.717, 1.165) is 43.3 Å². The molecule has 0 saturated carbocycles. The molecule has 0 aliphatic heterocycles. The van der Waals surface area contributed by atoms with Crippen molar-refractivity contribution in [3.05, 3.63) is 87.9 Å². The van der Waals surface area contributed by atoms with Gasteiger partial charge in [0.05, 0.1) is 6.21 Å². The van der Waals surface area contributed by atoms with Crippen LogP contribution < -0.4 is 10.2 Å². The predicted molar refractivity (Wildman–Crippen MR) is 130 cm³/mol. The molecular weight excluding hydrogens is 468 g/mol. The first-order chi connectivity index (χ1) is 15.7. The summed E-state index contributed by atoms with van der Waals surface area (Å²) in [5, 5.41) is 13.8. The molecule has 0 aliphatic carbocycles. The summed E-state index contributed by atoms with van der Waals surface area (Å²) in [7, 11) is 0. The van der Waals surface area contributed by atoms with Gasteiger partial charge in [0.15, 0.2) is 5.65 Å². The van der Waals surface area contributed by atoms with Crippen LogP contribution in [-0.4, -0.2) is 26.4 Å². The second kappa shape index (κ2) is 8.76. The summed E-state index contributed by atoms with van der Waals surface area (Å²) in [6.07, 6.45) is 1.67. The van der Waals surface area contributed by atoms with E-state index < -0.39 is 0 Å². The lowest BCUT2D eigenvalue weighted by atomic mass is 10.2. The molecular formula is C24H19BrN6O. The molecule has 0 aliphatic rings. The van der Waals surface area contributed by atoms with Crippen LogP contribution in [0.5, 0.6) is 5.75 Å². The molecule has 7 nitrogen and oxygen atoms in total. The molecule has 3 aromatic carbocycles. The van der Waals surface area contributed by atoms with E-state index in [2.05, 4.69) is 52.7 Å². The number of aryl methyl sites for hydroxylation is 1. The average molecular weight is 487 g/mol. The first-order valence-electron chi connectivity index (χ1n) is 10.0. The molecule has 0 spiro atoms. The van der Waals surface area contributed by atoms with Crippen LogP contribution in [0.4, 0.5) is 5.95 Å². The van der Waals surface area contributed by atoms with Gasteiger partial charge in [-0.2, -0.15) is 10.1 Å². The molecule has 0 bridgehead atoms. The van der Waals surface area contributed by atoms with Gasteiger partial charge in [-0.05, 0) is 42.8 Å². The Morgan fingerprint density at radius 3 is 2.81 bits per heavy atom. The maximum Gasteiger partial charge on any atom is 0.265 e. The van der Waals surface area contributed by atoms with Crippen LogP contribution in [0.1, 0.15) is 16.7 Å². The van der Waals surface area contributed by atoms with Gasteiger partial charge in [-0.1, -0.05) is 57.9 Å². The van der Waals surface area contributed by atoms with Crippen molar-refractivity contribution >= 4 is 50.2 Å². The number of aromatic nitrogens is 4. The molecule has 0 amide bonds. The van der Waals surface area contributed by atoms with Crippen LogP contribution in [-0.2, 0) is 6.61 Å². The van der Waals surface area contributed by atoms with Crippen LogP contribution >= 0.6 is 15.9 Å². The Hall–Kier alpha value is -3.78.